The van der Waals surface area contributed by atoms with Gasteiger partial charge < -0.3 is 0 Å². The van der Waals surface area contributed by atoms with E-state index >= 15 is 0 Å². The highest BCUT2D eigenvalue weighted by Crippen LogP contribution is 2.33. The summed E-state index contributed by atoms with van der Waals surface area (Å²) in [6.07, 6.45) is -3.27. The number of benzene rings is 1. The fourth-order valence-electron chi connectivity index (χ4n) is 1.57. The van der Waals surface area contributed by atoms with Gasteiger partial charge in [-0.05, 0) is 23.8 Å². The van der Waals surface area contributed by atoms with Gasteiger partial charge in [-0.3, -0.25) is 9.59 Å². The molecule has 2 aromatic rings. The minimum absolute atomic E-state index is 0.245. The molecule has 0 bridgehead atoms. The molecule has 0 atom stereocenters. The third-order valence-electron chi connectivity index (χ3n) is 2.52. The van der Waals surface area contributed by atoms with Gasteiger partial charge in [0.1, 0.15) is 0 Å². The Morgan fingerprint density at radius 2 is 1.63 bits per heavy atom. The van der Waals surface area contributed by atoms with Crippen molar-refractivity contribution < 1.29 is 22.8 Å². The van der Waals surface area contributed by atoms with Crippen molar-refractivity contribution in [3.63, 3.8) is 0 Å². The summed E-state index contributed by atoms with van der Waals surface area (Å²) in [6.45, 7) is 0. The molecule has 2 rings (SSSR count). The minimum atomic E-state index is -4.38. The number of rotatable bonds is 3. The lowest BCUT2D eigenvalue weighted by molar-refractivity contribution is -0.137. The van der Waals surface area contributed by atoms with Crippen molar-refractivity contribution in [2.45, 2.75) is 6.18 Å². The van der Waals surface area contributed by atoms with E-state index in [0.717, 1.165) is 23.5 Å². The van der Waals surface area contributed by atoms with E-state index in [0.29, 0.717) is 23.0 Å². The van der Waals surface area contributed by atoms with E-state index in [-0.39, 0.29) is 10.4 Å². The summed E-state index contributed by atoms with van der Waals surface area (Å²) in [4.78, 5) is 22.3. The summed E-state index contributed by atoms with van der Waals surface area (Å²) in [6, 6.07) is 6.06. The Kier molecular flexibility index (Phi) is 3.53. The molecule has 0 saturated carbocycles. The average molecular weight is 284 g/mol. The molecule has 0 aliphatic heterocycles. The largest absolute Gasteiger partial charge is 0.416 e. The molecular weight excluding hydrogens is 277 g/mol. The summed E-state index contributed by atoms with van der Waals surface area (Å²) in [5.74, 6) is 0. The van der Waals surface area contributed by atoms with Crippen molar-refractivity contribution in [1.29, 1.82) is 0 Å². The molecule has 98 valence electrons. The number of hydrogen-bond acceptors (Lipinski definition) is 3. The number of hydrogen-bond donors (Lipinski definition) is 0. The first-order chi connectivity index (χ1) is 8.95. The van der Waals surface area contributed by atoms with E-state index in [4.69, 9.17) is 0 Å². The maximum Gasteiger partial charge on any atom is 0.416 e. The third kappa shape index (κ3) is 2.73. The standard InChI is InChI=1S/C13H7F3O2S/c14-13(15,16)10-3-1-8(2-4-10)11-5-9(6-17)12(7-18)19-11/h1-7H. The van der Waals surface area contributed by atoms with Crippen LogP contribution in [0.25, 0.3) is 10.4 Å². The maximum atomic E-state index is 12.4. The van der Waals surface area contributed by atoms with Gasteiger partial charge in [0.2, 0.25) is 0 Å². The average Bonchev–Trinajstić information content (AvgIpc) is 2.81. The van der Waals surface area contributed by atoms with Crippen LogP contribution in [-0.2, 0) is 6.18 Å². The second-order valence-corrected chi connectivity index (χ2v) is 4.82. The molecule has 1 aromatic carbocycles. The highest BCUT2D eigenvalue weighted by atomic mass is 32.1. The van der Waals surface area contributed by atoms with Crippen LogP contribution in [0.4, 0.5) is 13.2 Å². The molecule has 19 heavy (non-hydrogen) atoms. The van der Waals surface area contributed by atoms with Gasteiger partial charge >= 0.3 is 6.18 Å². The van der Waals surface area contributed by atoms with E-state index in [1.807, 2.05) is 0 Å². The van der Waals surface area contributed by atoms with Crippen LogP contribution in [0.5, 0.6) is 0 Å². The number of thiophene rings is 1. The first-order valence-corrected chi connectivity index (χ1v) is 5.99. The molecule has 6 heteroatoms. The minimum Gasteiger partial charge on any atom is -0.298 e. The highest BCUT2D eigenvalue weighted by molar-refractivity contribution is 7.17. The topological polar surface area (TPSA) is 34.1 Å². The molecule has 0 amide bonds. The lowest BCUT2D eigenvalue weighted by Crippen LogP contribution is -2.03. The summed E-state index contributed by atoms with van der Waals surface area (Å²) in [5, 5.41) is 0. The number of carbonyl (C=O) groups is 2. The second-order valence-electron chi connectivity index (χ2n) is 3.74. The summed E-state index contributed by atoms with van der Waals surface area (Å²) < 4.78 is 37.2. The van der Waals surface area contributed by atoms with Crippen molar-refractivity contribution in [2.24, 2.45) is 0 Å². The fourth-order valence-corrected chi connectivity index (χ4v) is 2.52. The molecular formula is C13H7F3O2S. The predicted octanol–water partition coefficient (Wildman–Crippen LogP) is 4.06. The zero-order valence-corrected chi connectivity index (χ0v) is 10.2. The zero-order chi connectivity index (χ0) is 14.0. The van der Waals surface area contributed by atoms with Gasteiger partial charge in [-0.15, -0.1) is 11.3 Å². The molecule has 0 fully saturated rings. The van der Waals surface area contributed by atoms with Crippen molar-refractivity contribution in [3.8, 4) is 10.4 Å². The molecule has 2 nitrogen and oxygen atoms in total. The first-order valence-electron chi connectivity index (χ1n) is 5.17. The van der Waals surface area contributed by atoms with Crippen LogP contribution in [0.1, 0.15) is 25.6 Å². The van der Waals surface area contributed by atoms with E-state index in [1.54, 1.807) is 0 Å². The monoisotopic (exact) mass is 284 g/mol. The van der Waals surface area contributed by atoms with Crippen molar-refractivity contribution in [3.05, 3.63) is 46.3 Å². The summed E-state index contributed by atoms with van der Waals surface area (Å²) in [7, 11) is 0. The van der Waals surface area contributed by atoms with Crippen molar-refractivity contribution in [2.75, 3.05) is 0 Å². The molecule has 0 saturated heterocycles. The van der Waals surface area contributed by atoms with Gasteiger partial charge in [-0.2, -0.15) is 13.2 Å². The van der Waals surface area contributed by atoms with Gasteiger partial charge in [0.25, 0.3) is 0 Å². The zero-order valence-electron chi connectivity index (χ0n) is 9.40. The van der Waals surface area contributed by atoms with Gasteiger partial charge in [0.05, 0.1) is 10.4 Å². The normalized spacial score (nSPS) is 11.3. The van der Waals surface area contributed by atoms with E-state index in [9.17, 15) is 22.8 Å². The maximum absolute atomic E-state index is 12.4. The first kappa shape index (κ1) is 13.5. The predicted molar refractivity (Wildman–Crippen MR) is 65.5 cm³/mol. The Labute approximate surface area is 110 Å². The van der Waals surface area contributed by atoms with Crippen LogP contribution in [0, 0.1) is 0 Å². The lowest BCUT2D eigenvalue weighted by atomic mass is 10.1. The molecule has 0 spiro atoms. The number of halogens is 3. The molecule has 0 radical (unpaired) electrons. The van der Waals surface area contributed by atoms with Crippen LogP contribution < -0.4 is 0 Å². The van der Waals surface area contributed by atoms with Gasteiger partial charge in [0, 0.05) is 10.4 Å². The Morgan fingerprint density at radius 3 is 2.05 bits per heavy atom. The van der Waals surface area contributed by atoms with Crippen LogP contribution in [0.3, 0.4) is 0 Å². The van der Waals surface area contributed by atoms with Crippen LogP contribution >= 0.6 is 11.3 Å². The van der Waals surface area contributed by atoms with E-state index in [1.165, 1.54) is 18.2 Å². The van der Waals surface area contributed by atoms with Crippen LogP contribution in [-0.4, -0.2) is 12.6 Å². The van der Waals surface area contributed by atoms with Gasteiger partial charge in [-0.25, -0.2) is 0 Å². The number of alkyl halides is 3. The molecule has 1 aromatic heterocycles. The fraction of sp³-hybridized carbons (Fsp3) is 0.0769. The van der Waals surface area contributed by atoms with Crippen molar-refractivity contribution in [1.82, 2.24) is 0 Å². The molecule has 0 N–H and O–H groups in total. The number of carbonyl (C=O) groups excluding carboxylic acids is 2. The van der Waals surface area contributed by atoms with Crippen LogP contribution in [0.2, 0.25) is 0 Å². The summed E-state index contributed by atoms with van der Waals surface area (Å²) in [5.41, 5.74) is 0.0446. The highest BCUT2D eigenvalue weighted by Gasteiger charge is 2.30. The van der Waals surface area contributed by atoms with E-state index in [2.05, 4.69) is 0 Å². The molecule has 0 aliphatic carbocycles. The van der Waals surface area contributed by atoms with Crippen molar-refractivity contribution >= 4 is 23.9 Å². The van der Waals surface area contributed by atoms with Crippen LogP contribution in [0.15, 0.2) is 30.3 Å². The Bertz CT molecular complexity index is 586. The molecule has 0 unspecified atom stereocenters. The Balaban J connectivity index is 2.40. The Morgan fingerprint density at radius 1 is 1.00 bits per heavy atom. The summed E-state index contributed by atoms with van der Waals surface area (Å²) >= 11 is 1.07. The quantitative estimate of drug-likeness (QED) is 0.796. The SMILES string of the molecule is O=Cc1cc(-c2ccc(C(F)(F)F)cc2)sc1C=O. The number of aldehydes is 2. The molecule has 0 aliphatic rings. The van der Waals surface area contributed by atoms with Gasteiger partial charge in [-0.1, -0.05) is 12.1 Å². The smallest absolute Gasteiger partial charge is 0.298 e. The second kappa shape index (κ2) is 4.97. The lowest BCUT2D eigenvalue weighted by Gasteiger charge is -2.06. The van der Waals surface area contributed by atoms with Gasteiger partial charge in [0.15, 0.2) is 12.6 Å². The van der Waals surface area contributed by atoms with E-state index < -0.39 is 11.7 Å². The molecule has 1 heterocycles. The third-order valence-corrected chi connectivity index (χ3v) is 3.65. The Hall–Kier alpha value is -1.95.